The lowest BCUT2D eigenvalue weighted by atomic mass is 10.1. The molecule has 0 bridgehead atoms. The van der Waals surface area contributed by atoms with E-state index in [1.807, 2.05) is 19.1 Å². The predicted octanol–water partition coefficient (Wildman–Crippen LogP) is 2.12. The van der Waals surface area contributed by atoms with Gasteiger partial charge in [-0.15, -0.1) is 0 Å². The van der Waals surface area contributed by atoms with Crippen molar-refractivity contribution in [2.24, 2.45) is 0 Å². The van der Waals surface area contributed by atoms with Crippen molar-refractivity contribution in [1.29, 1.82) is 5.26 Å². The zero-order valence-electron chi connectivity index (χ0n) is 8.38. The molecule has 1 aliphatic rings. The standard InChI is InChI=1S/C12H14N2/c1-9-2-3-10(11(6-9)7-13)8-14-12-4-5-12/h2-3,6,12,14H,4-5,8H2,1H3. The number of rotatable bonds is 3. The van der Waals surface area contributed by atoms with E-state index in [2.05, 4.69) is 17.5 Å². The molecule has 0 saturated heterocycles. The van der Waals surface area contributed by atoms with Gasteiger partial charge < -0.3 is 5.32 Å². The van der Waals surface area contributed by atoms with E-state index in [1.165, 1.54) is 12.8 Å². The number of hydrogen-bond donors (Lipinski definition) is 1. The lowest BCUT2D eigenvalue weighted by Gasteiger charge is -2.05. The van der Waals surface area contributed by atoms with Crippen LogP contribution in [-0.2, 0) is 6.54 Å². The summed E-state index contributed by atoms with van der Waals surface area (Å²) < 4.78 is 0. The summed E-state index contributed by atoms with van der Waals surface area (Å²) >= 11 is 0. The lowest BCUT2D eigenvalue weighted by Crippen LogP contribution is -2.16. The van der Waals surface area contributed by atoms with Crippen molar-refractivity contribution in [2.45, 2.75) is 32.4 Å². The summed E-state index contributed by atoms with van der Waals surface area (Å²) in [7, 11) is 0. The molecule has 0 amide bonds. The molecule has 0 aliphatic heterocycles. The number of nitrogens with zero attached hydrogens (tertiary/aromatic N) is 1. The molecule has 0 aromatic heterocycles. The summed E-state index contributed by atoms with van der Waals surface area (Å²) in [6.07, 6.45) is 2.57. The topological polar surface area (TPSA) is 35.8 Å². The molecule has 0 spiro atoms. The molecule has 2 heteroatoms. The SMILES string of the molecule is Cc1ccc(CNC2CC2)c(C#N)c1. The second-order valence-corrected chi connectivity index (χ2v) is 3.93. The minimum Gasteiger partial charge on any atom is -0.310 e. The first kappa shape index (κ1) is 9.23. The zero-order valence-corrected chi connectivity index (χ0v) is 8.38. The van der Waals surface area contributed by atoms with Gasteiger partial charge in [-0.3, -0.25) is 0 Å². The molecule has 1 saturated carbocycles. The molecule has 0 radical (unpaired) electrons. The van der Waals surface area contributed by atoms with Crippen LogP contribution in [0.3, 0.4) is 0 Å². The fourth-order valence-electron chi connectivity index (χ4n) is 1.49. The molecule has 1 N–H and O–H groups in total. The molecule has 1 aliphatic carbocycles. The van der Waals surface area contributed by atoms with Crippen LogP contribution >= 0.6 is 0 Å². The summed E-state index contributed by atoms with van der Waals surface area (Å²) in [5.74, 6) is 0. The van der Waals surface area contributed by atoms with E-state index in [0.717, 1.165) is 23.2 Å². The normalized spacial score (nSPS) is 15.1. The average Bonchev–Trinajstić information content (AvgIpc) is 2.99. The van der Waals surface area contributed by atoms with Crippen LogP contribution in [0.2, 0.25) is 0 Å². The van der Waals surface area contributed by atoms with Gasteiger partial charge >= 0.3 is 0 Å². The minimum atomic E-state index is 0.697. The monoisotopic (exact) mass is 186 g/mol. The summed E-state index contributed by atoms with van der Waals surface area (Å²) in [4.78, 5) is 0. The minimum absolute atomic E-state index is 0.697. The summed E-state index contributed by atoms with van der Waals surface area (Å²) in [5.41, 5.74) is 3.07. The molecule has 72 valence electrons. The van der Waals surface area contributed by atoms with E-state index in [-0.39, 0.29) is 0 Å². The van der Waals surface area contributed by atoms with Crippen LogP contribution in [0.5, 0.6) is 0 Å². The lowest BCUT2D eigenvalue weighted by molar-refractivity contribution is 0.686. The van der Waals surface area contributed by atoms with Crippen LogP contribution in [0.25, 0.3) is 0 Å². The van der Waals surface area contributed by atoms with Crippen LogP contribution < -0.4 is 5.32 Å². The van der Waals surface area contributed by atoms with Gasteiger partial charge in [0.2, 0.25) is 0 Å². The summed E-state index contributed by atoms with van der Waals surface area (Å²) in [5, 5.41) is 12.4. The third-order valence-corrected chi connectivity index (χ3v) is 2.54. The first-order valence-corrected chi connectivity index (χ1v) is 5.02. The van der Waals surface area contributed by atoms with Crippen molar-refractivity contribution in [1.82, 2.24) is 5.32 Å². The third kappa shape index (κ3) is 2.12. The van der Waals surface area contributed by atoms with Crippen LogP contribution in [-0.4, -0.2) is 6.04 Å². The third-order valence-electron chi connectivity index (χ3n) is 2.54. The Morgan fingerprint density at radius 1 is 1.50 bits per heavy atom. The average molecular weight is 186 g/mol. The van der Waals surface area contributed by atoms with Gasteiger partial charge in [0, 0.05) is 12.6 Å². The van der Waals surface area contributed by atoms with Crippen LogP contribution in [0.4, 0.5) is 0 Å². The number of benzene rings is 1. The molecule has 1 fully saturated rings. The van der Waals surface area contributed by atoms with Gasteiger partial charge in [0.15, 0.2) is 0 Å². The molecule has 14 heavy (non-hydrogen) atoms. The number of nitrogens with one attached hydrogen (secondary N) is 1. The smallest absolute Gasteiger partial charge is 0.0995 e. The van der Waals surface area contributed by atoms with E-state index in [9.17, 15) is 0 Å². The highest BCUT2D eigenvalue weighted by molar-refractivity contribution is 5.40. The number of aryl methyl sites for hydroxylation is 1. The Hall–Kier alpha value is -1.33. The molecule has 0 heterocycles. The van der Waals surface area contributed by atoms with Gasteiger partial charge in [0.1, 0.15) is 0 Å². The quantitative estimate of drug-likeness (QED) is 0.784. The Labute approximate surface area is 84.6 Å². The highest BCUT2D eigenvalue weighted by Gasteiger charge is 2.20. The first-order valence-electron chi connectivity index (χ1n) is 5.02. The van der Waals surface area contributed by atoms with Gasteiger partial charge in [0.25, 0.3) is 0 Å². The molecule has 2 rings (SSSR count). The molecule has 2 nitrogen and oxygen atoms in total. The van der Waals surface area contributed by atoms with E-state index in [1.54, 1.807) is 0 Å². The van der Waals surface area contributed by atoms with Gasteiger partial charge in [-0.05, 0) is 37.0 Å². The predicted molar refractivity (Wildman–Crippen MR) is 55.8 cm³/mol. The molecular formula is C12H14N2. The van der Waals surface area contributed by atoms with E-state index in [0.29, 0.717) is 6.04 Å². The van der Waals surface area contributed by atoms with Crippen molar-refractivity contribution in [3.8, 4) is 6.07 Å². The Kier molecular flexibility index (Phi) is 2.51. The largest absolute Gasteiger partial charge is 0.310 e. The molecular weight excluding hydrogens is 172 g/mol. The van der Waals surface area contributed by atoms with Crippen LogP contribution in [0.15, 0.2) is 18.2 Å². The van der Waals surface area contributed by atoms with Crippen molar-refractivity contribution in [2.75, 3.05) is 0 Å². The Morgan fingerprint density at radius 2 is 2.29 bits per heavy atom. The van der Waals surface area contributed by atoms with E-state index in [4.69, 9.17) is 5.26 Å². The number of hydrogen-bond acceptors (Lipinski definition) is 2. The van der Waals surface area contributed by atoms with Crippen LogP contribution in [0.1, 0.15) is 29.5 Å². The zero-order chi connectivity index (χ0) is 9.97. The Balaban J connectivity index is 2.10. The Bertz CT molecular complexity index is 372. The molecule has 1 aromatic carbocycles. The highest BCUT2D eigenvalue weighted by Crippen LogP contribution is 2.20. The van der Waals surface area contributed by atoms with E-state index >= 15 is 0 Å². The summed E-state index contributed by atoms with van der Waals surface area (Å²) in [6.45, 7) is 2.84. The maximum Gasteiger partial charge on any atom is 0.0995 e. The fourth-order valence-corrected chi connectivity index (χ4v) is 1.49. The fraction of sp³-hybridized carbons (Fsp3) is 0.417. The maximum absolute atomic E-state index is 8.95. The first-order chi connectivity index (χ1) is 6.79. The van der Waals surface area contributed by atoms with E-state index < -0.39 is 0 Å². The van der Waals surface area contributed by atoms with Gasteiger partial charge in [-0.25, -0.2) is 0 Å². The van der Waals surface area contributed by atoms with Crippen molar-refractivity contribution in [3.05, 3.63) is 34.9 Å². The summed E-state index contributed by atoms with van der Waals surface area (Å²) in [6, 6.07) is 8.99. The van der Waals surface area contributed by atoms with Gasteiger partial charge in [-0.2, -0.15) is 5.26 Å². The van der Waals surface area contributed by atoms with Gasteiger partial charge in [-0.1, -0.05) is 12.1 Å². The van der Waals surface area contributed by atoms with Crippen molar-refractivity contribution < 1.29 is 0 Å². The molecule has 0 unspecified atom stereocenters. The van der Waals surface area contributed by atoms with Gasteiger partial charge in [0.05, 0.1) is 11.6 Å². The Morgan fingerprint density at radius 3 is 2.93 bits per heavy atom. The highest BCUT2D eigenvalue weighted by atomic mass is 14.9. The maximum atomic E-state index is 8.95. The second-order valence-electron chi connectivity index (χ2n) is 3.93. The van der Waals surface area contributed by atoms with Crippen LogP contribution in [0, 0.1) is 18.3 Å². The van der Waals surface area contributed by atoms with Crippen molar-refractivity contribution in [3.63, 3.8) is 0 Å². The molecule has 0 atom stereocenters. The second kappa shape index (κ2) is 3.81. The number of nitriles is 1. The van der Waals surface area contributed by atoms with Crippen molar-refractivity contribution >= 4 is 0 Å². The molecule has 1 aromatic rings.